The first-order chi connectivity index (χ1) is 11.9. The molecule has 0 aliphatic carbocycles. The average Bonchev–Trinajstić information content (AvgIpc) is 2.57. The van der Waals surface area contributed by atoms with E-state index in [1.165, 1.54) is 0 Å². The SMILES string of the molecule is CC(C)Nc1c(Cl)nnc2cc(-c3ccc(C[SH](=O)=O)cc3)ccc12. The molecule has 0 bridgehead atoms. The molecule has 5 nitrogen and oxygen atoms in total. The first-order valence-corrected chi connectivity index (χ1v) is 9.61. The van der Waals surface area contributed by atoms with Crippen molar-refractivity contribution in [1.82, 2.24) is 10.2 Å². The topological polar surface area (TPSA) is 72.0 Å². The summed E-state index contributed by atoms with van der Waals surface area (Å²) in [5, 5.41) is 12.8. The Hall–Kier alpha value is -2.18. The van der Waals surface area contributed by atoms with Crippen LogP contribution in [0.2, 0.25) is 5.15 Å². The summed E-state index contributed by atoms with van der Waals surface area (Å²) < 4.78 is 21.6. The Kier molecular flexibility index (Phi) is 5.20. The van der Waals surface area contributed by atoms with Gasteiger partial charge in [-0.3, -0.25) is 0 Å². The minimum Gasteiger partial charge on any atom is -0.380 e. The van der Waals surface area contributed by atoms with E-state index in [2.05, 4.69) is 15.5 Å². The molecule has 1 aromatic heterocycles. The summed E-state index contributed by atoms with van der Waals surface area (Å²) in [4.78, 5) is 0. The minimum absolute atomic E-state index is 0.0571. The van der Waals surface area contributed by atoms with Crippen LogP contribution in [0.15, 0.2) is 42.5 Å². The highest BCUT2D eigenvalue weighted by atomic mass is 35.5. The summed E-state index contributed by atoms with van der Waals surface area (Å²) in [5.41, 5.74) is 4.27. The van der Waals surface area contributed by atoms with Gasteiger partial charge in [0, 0.05) is 11.4 Å². The predicted molar refractivity (Wildman–Crippen MR) is 103 cm³/mol. The zero-order chi connectivity index (χ0) is 18.0. The normalized spacial score (nSPS) is 11.4. The van der Waals surface area contributed by atoms with Gasteiger partial charge in [0.05, 0.1) is 17.0 Å². The van der Waals surface area contributed by atoms with E-state index in [9.17, 15) is 8.42 Å². The molecule has 130 valence electrons. The molecule has 0 aliphatic rings. The van der Waals surface area contributed by atoms with Gasteiger partial charge in [-0.1, -0.05) is 41.9 Å². The number of anilines is 1. The molecule has 7 heteroatoms. The summed E-state index contributed by atoms with van der Waals surface area (Å²) in [5.74, 6) is 0.0571. The molecule has 0 saturated heterocycles. The summed E-state index contributed by atoms with van der Waals surface area (Å²) in [6, 6.07) is 13.6. The van der Waals surface area contributed by atoms with Crippen LogP contribution in [0.1, 0.15) is 19.4 Å². The van der Waals surface area contributed by atoms with E-state index in [1.807, 2.05) is 56.3 Å². The van der Waals surface area contributed by atoms with Gasteiger partial charge in [0.2, 0.25) is 0 Å². The zero-order valence-corrected chi connectivity index (χ0v) is 15.5. The Labute approximate surface area is 153 Å². The van der Waals surface area contributed by atoms with Crippen molar-refractivity contribution in [3.05, 3.63) is 53.2 Å². The molecule has 0 radical (unpaired) electrons. The van der Waals surface area contributed by atoms with Crippen LogP contribution < -0.4 is 5.32 Å². The van der Waals surface area contributed by atoms with Gasteiger partial charge in [-0.25, -0.2) is 8.42 Å². The number of halogens is 1. The Bertz CT molecular complexity index is 978. The number of benzene rings is 2. The van der Waals surface area contributed by atoms with Crippen molar-refractivity contribution in [3.63, 3.8) is 0 Å². The molecule has 0 unspecified atom stereocenters. The van der Waals surface area contributed by atoms with Crippen LogP contribution in [0.4, 0.5) is 5.69 Å². The van der Waals surface area contributed by atoms with Gasteiger partial charge >= 0.3 is 0 Å². The van der Waals surface area contributed by atoms with Gasteiger partial charge in [-0.05, 0) is 42.7 Å². The van der Waals surface area contributed by atoms with Crippen molar-refractivity contribution in [2.75, 3.05) is 5.32 Å². The summed E-state index contributed by atoms with van der Waals surface area (Å²) in [7, 11) is -2.42. The van der Waals surface area contributed by atoms with Crippen molar-refractivity contribution in [1.29, 1.82) is 0 Å². The van der Waals surface area contributed by atoms with Crippen LogP contribution in [0.5, 0.6) is 0 Å². The highest BCUT2D eigenvalue weighted by molar-refractivity contribution is 7.71. The number of hydrogen-bond donors (Lipinski definition) is 2. The molecule has 3 rings (SSSR count). The van der Waals surface area contributed by atoms with E-state index < -0.39 is 10.7 Å². The van der Waals surface area contributed by atoms with Crippen LogP contribution in [-0.4, -0.2) is 24.7 Å². The van der Waals surface area contributed by atoms with E-state index in [0.29, 0.717) is 5.15 Å². The largest absolute Gasteiger partial charge is 0.380 e. The summed E-state index contributed by atoms with van der Waals surface area (Å²) in [6.07, 6.45) is 0. The molecular formula is C18H18ClN3O2S. The summed E-state index contributed by atoms with van der Waals surface area (Å²) >= 11 is 6.18. The lowest BCUT2D eigenvalue weighted by molar-refractivity contribution is 0.614. The quantitative estimate of drug-likeness (QED) is 0.662. The van der Waals surface area contributed by atoms with Gasteiger partial charge < -0.3 is 5.32 Å². The molecule has 0 amide bonds. The zero-order valence-electron chi connectivity index (χ0n) is 13.9. The smallest absolute Gasteiger partial charge is 0.175 e. The first-order valence-electron chi connectivity index (χ1n) is 7.87. The molecule has 1 N–H and O–H groups in total. The fourth-order valence-electron chi connectivity index (χ4n) is 2.64. The van der Waals surface area contributed by atoms with E-state index in [-0.39, 0.29) is 11.8 Å². The molecule has 0 fully saturated rings. The number of hydrogen-bond acceptors (Lipinski definition) is 5. The van der Waals surface area contributed by atoms with Crippen LogP contribution in [0.25, 0.3) is 22.0 Å². The Morgan fingerprint density at radius 3 is 2.36 bits per heavy atom. The molecular weight excluding hydrogens is 358 g/mol. The van der Waals surface area contributed by atoms with Crippen LogP contribution in [0.3, 0.4) is 0 Å². The van der Waals surface area contributed by atoms with Crippen molar-refractivity contribution in [3.8, 4) is 11.1 Å². The summed E-state index contributed by atoms with van der Waals surface area (Å²) in [6.45, 7) is 4.07. The van der Waals surface area contributed by atoms with Crippen molar-refractivity contribution < 1.29 is 8.42 Å². The Balaban J connectivity index is 2.00. The maximum absolute atomic E-state index is 10.8. The number of rotatable bonds is 5. The second kappa shape index (κ2) is 7.37. The second-order valence-electron chi connectivity index (χ2n) is 6.08. The maximum Gasteiger partial charge on any atom is 0.175 e. The Morgan fingerprint density at radius 2 is 1.72 bits per heavy atom. The molecule has 0 atom stereocenters. The lowest BCUT2D eigenvalue weighted by atomic mass is 10.0. The van der Waals surface area contributed by atoms with E-state index in [4.69, 9.17) is 11.6 Å². The van der Waals surface area contributed by atoms with Gasteiger partial charge in [0.15, 0.2) is 5.15 Å². The Morgan fingerprint density at radius 1 is 1.04 bits per heavy atom. The lowest BCUT2D eigenvalue weighted by Crippen LogP contribution is -2.11. The fourth-order valence-corrected chi connectivity index (χ4v) is 3.35. The molecule has 2 aromatic carbocycles. The standard InChI is InChI=1S/C18H18ClN3O2S/c1-11(2)20-17-15-8-7-14(9-16(15)21-22-18(17)19)13-5-3-12(4-6-13)10-25(23)24/h3-9,11,25H,10H2,1-2H3,(H,20,21). The fraction of sp³-hybridized carbons (Fsp3) is 0.222. The molecule has 3 aromatic rings. The van der Waals surface area contributed by atoms with E-state index >= 15 is 0 Å². The molecule has 0 saturated carbocycles. The number of nitrogens with one attached hydrogen (secondary N) is 1. The predicted octanol–water partition coefficient (Wildman–Crippen LogP) is 3.88. The second-order valence-corrected chi connectivity index (χ2v) is 7.42. The van der Waals surface area contributed by atoms with Crippen LogP contribution >= 0.6 is 11.6 Å². The van der Waals surface area contributed by atoms with Gasteiger partial charge in [-0.15, -0.1) is 10.2 Å². The number of nitrogens with zero attached hydrogens (tertiary/aromatic N) is 2. The third-order valence-corrected chi connectivity index (χ3v) is 4.64. The van der Waals surface area contributed by atoms with Crippen LogP contribution in [0, 0.1) is 0 Å². The van der Waals surface area contributed by atoms with Crippen LogP contribution in [-0.2, 0) is 16.5 Å². The number of fused-ring (bicyclic) bond motifs is 1. The van der Waals surface area contributed by atoms with Crippen molar-refractivity contribution in [2.45, 2.75) is 25.6 Å². The highest BCUT2D eigenvalue weighted by Crippen LogP contribution is 2.31. The van der Waals surface area contributed by atoms with Crippen molar-refractivity contribution >= 4 is 38.9 Å². The van der Waals surface area contributed by atoms with Gasteiger partial charge in [0.25, 0.3) is 0 Å². The highest BCUT2D eigenvalue weighted by Gasteiger charge is 2.11. The van der Waals surface area contributed by atoms with Gasteiger partial charge in [0.1, 0.15) is 10.7 Å². The lowest BCUT2D eigenvalue weighted by Gasteiger charge is -2.14. The molecule has 0 aliphatic heterocycles. The third kappa shape index (κ3) is 4.08. The maximum atomic E-state index is 10.8. The third-order valence-electron chi connectivity index (χ3n) is 3.75. The number of aromatic nitrogens is 2. The van der Waals surface area contributed by atoms with Crippen molar-refractivity contribution in [2.24, 2.45) is 0 Å². The van der Waals surface area contributed by atoms with E-state index in [0.717, 1.165) is 33.3 Å². The first kappa shape index (κ1) is 17.6. The van der Waals surface area contributed by atoms with E-state index in [1.54, 1.807) is 0 Å². The van der Waals surface area contributed by atoms with Gasteiger partial charge in [-0.2, -0.15) is 0 Å². The minimum atomic E-state index is -2.42. The molecule has 0 spiro atoms. The monoisotopic (exact) mass is 375 g/mol. The number of thiol groups is 1. The average molecular weight is 376 g/mol. The molecule has 1 heterocycles. The molecule has 25 heavy (non-hydrogen) atoms.